The Balaban J connectivity index is 1.89. The Morgan fingerprint density at radius 2 is 1.68 bits per heavy atom. The highest BCUT2D eigenvalue weighted by Crippen LogP contribution is 2.25. The minimum absolute atomic E-state index is 0.0824. The van der Waals surface area contributed by atoms with E-state index in [1.165, 1.54) is 22.7 Å². The highest BCUT2D eigenvalue weighted by atomic mass is 35.5. The van der Waals surface area contributed by atoms with Gasteiger partial charge in [0.15, 0.2) is 6.61 Å². The Kier molecular flexibility index (Phi) is 6.31. The number of benzene rings is 1. The summed E-state index contributed by atoms with van der Waals surface area (Å²) in [7, 11) is -0.439. The molecule has 9 heteroatoms. The number of piperazine rings is 1. The van der Waals surface area contributed by atoms with E-state index in [-0.39, 0.29) is 25.6 Å². The molecule has 25 heavy (non-hydrogen) atoms. The van der Waals surface area contributed by atoms with Crippen molar-refractivity contribution in [2.24, 2.45) is 0 Å². The quantitative estimate of drug-likeness (QED) is 0.760. The molecule has 1 aliphatic rings. The van der Waals surface area contributed by atoms with E-state index < -0.39 is 10.2 Å². The number of amides is 1. The summed E-state index contributed by atoms with van der Waals surface area (Å²) < 4.78 is 32.3. The number of aryl methyl sites for hydroxylation is 2. The predicted octanol–water partition coefficient (Wildman–Crippen LogP) is 1.29. The zero-order valence-electron chi connectivity index (χ0n) is 15.0. The first-order valence-corrected chi connectivity index (χ1v) is 9.75. The zero-order valence-corrected chi connectivity index (χ0v) is 16.5. The molecule has 0 N–H and O–H groups in total. The SMILES string of the molecule is Cc1cc(OCC(=O)N2CCN(S(=O)(=O)N(C)C)CC2)cc(C)c1Cl. The fourth-order valence-electron chi connectivity index (χ4n) is 2.63. The van der Waals surface area contributed by atoms with Gasteiger partial charge in [0.2, 0.25) is 0 Å². The largest absolute Gasteiger partial charge is 0.484 e. The summed E-state index contributed by atoms with van der Waals surface area (Å²) >= 11 is 6.12. The molecule has 140 valence electrons. The fourth-order valence-corrected chi connectivity index (χ4v) is 3.82. The molecule has 0 aliphatic carbocycles. The van der Waals surface area contributed by atoms with E-state index in [0.29, 0.717) is 23.9 Å². The maximum absolute atomic E-state index is 12.3. The molecule has 1 saturated heterocycles. The summed E-state index contributed by atoms with van der Waals surface area (Å²) in [5, 5.41) is 0.692. The molecule has 0 radical (unpaired) electrons. The van der Waals surface area contributed by atoms with Gasteiger partial charge in [0.25, 0.3) is 16.1 Å². The molecule has 0 saturated carbocycles. The second-order valence-corrected chi connectivity index (χ2v) is 8.75. The number of nitrogens with zero attached hydrogens (tertiary/aromatic N) is 3. The summed E-state index contributed by atoms with van der Waals surface area (Å²) in [4.78, 5) is 13.9. The highest BCUT2D eigenvalue weighted by molar-refractivity contribution is 7.86. The summed E-state index contributed by atoms with van der Waals surface area (Å²) in [6.45, 7) is 4.96. The molecule has 0 spiro atoms. The maximum atomic E-state index is 12.3. The molecule has 0 atom stereocenters. The summed E-state index contributed by atoms with van der Waals surface area (Å²) in [5.74, 6) is 0.439. The van der Waals surface area contributed by atoms with E-state index in [1.807, 2.05) is 13.8 Å². The van der Waals surface area contributed by atoms with E-state index in [0.717, 1.165) is 11.1 Å². The van der Waals surface area contributed by atoms with E-state index in [4.69, 9.17) is 16.3 Å². The van der Waals surface area contributed by atoms with Gasteiger partial charge in [-0.05, 0) is 37.1 Å². The molecule has 1 fully saturated rings. The summed E-state index contributed by atoms with van der Waals surface area (Å²) in [6, 6.07) is 3.59. The summed E-state index contributed by atoms with van der Waals surface area (Å²) in [5.41, 5.74) is 1.79. The Hall–Kier alpha value is -1.35. The van der Waals surface area contributed by atoms with Crippen LogP contribution in [0.2, 0.25) is 5.02 Å². The van der Waals surface area contributed by atoms with Crippen LogP contribution in [0.1, 0.15) is 11.1 Å². The molecule has 1 aliphatic heterocycles. The molecule has 1 aromatic rings. The molecule has 0 aromatic heterocycles. The van der Waals surface area contributed by atoms with Crippen molar-refractivity contribution >= 4 is 27.7 Å². The highest BCUT2D eigenvalue weighted by Gasteiger charge is 2.30. The van der Waals surface area contributed by atoms with Crippen LogP contribution >= 0.6 is 11.6 Å². The van der Waals surface area contributed by atoms with E-state index in [9.17, 15) is 13.2 Å². The molecule has 7 nitrogen and oxygen atoms in total. The number of hydrogen-bond acceptors (Lipinski definition) is 4. The van der Waals surface area contributed by atoms with Crippen LogP contribution in [0.4, 0.5) is 0 Å². The number of hydrogen-bond donors (Lipinski definition) is 0. The van der Waals surface area contributed by atoms with Crippen molar-refractivity contribution in [3.63, 3.8) is 0 Å². The van der Waals surface area contributed by atoms with E-state index in [2.05, 4.69) is 0 Å². The second-order valence-electron chi connectivity index (χ2n) is 6.23. The lowest BCUT2D eigenvalue weighted by Gasteiger charge is -2.35. The lowest BCUT2D eigenvalue weighted by molar-refractivity contribution is -0.134. The number of rotatable bonds is 5. The lowest BCUT2D eigenvalue weighted by Crippen LogP contribution is -2.53. The first-order chi connectivity index (χ1) is 11.6. The number of carbonyl (C=O) groups excluding carboxylic acids is 1. The average Bonchev–Trinajstić information content (AvgIpc) is 2.57. The first-order valence-electron chi connectivity index (χ1n) is 7.98. The topological polar surface area (TPSA) is 70.2 Å². The number of halogens is 1. The van der Waals surface area contributed by atoms with Gasteiger partial charge in [0.1, 0.15) is 5.75 Å². The molecule has 2 rings (SSSR count). The van der Waals surface area contributed by atoms with Gasteiger partial charge in [-0.25, -0.2) is 0 Å². The third kappa shape index (κ3) is 4.63. The van der Waals surface area contributed by atoms with Gasteiger partial charge < -0.3 is 9.64 Å². The predicted molar refractivity (Wildman–Crippen MR) is 97.2 cm³/mol. The Bertz CT molecular complexity index is 721. The van der Waals surface area contributed by atoms with Crippen LogP contribution in [0.3, 0.4) is 0 Å². The van der Waals surface area contributed by atoms with Crippen LogP contribution in [0.5, 0.6) is 5.75 Å². The molecule has 0 unspecified atom stereocenters. The van der Waals surface area contributed by atoms with Gasteiger partial charge in [-0.2, -0.15) is 17.0 Å². The Morgan fingerprint density at radius 1 is 1.16 bits per heavy atom. The minimum Gasteiger partial charge on any atom is -0.484 e. The zero-order chi connectivity index (χ0) is 18.8. The normalized spacial score (nSPS) is 16.3. The van der Waals surface area contributed by atoms with Gasteiger partial charge in [0.05, 0.1) is 0 Å². The third-order valence-electron chi connectivity index (χ3n) is 4.15. The standard InChI is InChI=1S/C16H24ClN3O4S/c1-12-9-14(10-13(2)16(12)17)24-11-15(21)19-5-7-20(8-6-19)25(22,23)18(3)4/h9-10H,5-8,11H2,1-4H3. The van der Waals surface area contributed by atoms with E-state index in [1.54, 1.807) is 17.0 Å². The molecule has 1 aromatic carbocycles. The van der Waals surface area contributed by atoms with Crippen LogP contribution < -0.4 is 4.74 Å². The van der Waals surface area contributed by atoms with Crippen molar-refractivity contribution in [3.8, 4) is 5.75 Å². The van der Waals surface area contributed by atoms with Gasteiger partial charge in [-0.3, -0.25) is 4.79 Å². The van der Waals surface area contributed by atoms with Gasteiger partial charge in [-0.1, -0.05) is 11.6 Å². The molecule has 1 amide bonds. The molecule has 1 heterocycles. The van der Waals surface area contributed by atoms with Crippen LogP contribution in [-0.2, 0) is 15.0 Å². The first kappa shape index (κ1) is 20.0. The van der Waals surface area contributed by atoms with Gasteiger partial charge in [0, 0.05) is 45.3 Å². The van der Waals surface area contributed by atoms with Crippen molar-refractivity contribution in [2.45, 2.75) is 13.8 Å². The van der Waals surface area contributed by atoms with Crippen molar-refractivity contribution in [3.05, 3.63) is 28.3 Å². The summed E-state index contributed by atoms with van der Waals surface area (Å²) in [6.07, 6.45) is 0. The molecular formula is C16H24ClN3O4S. The average molecular weight is 390 g/mol. The van der Waals surface area contributed by atoms with Crippen LogP contribution in [0.15, 0.2) is 12.1 Å². The molecule has 0 bridgehead atoms. The van der Waals surface area contributed by atoms with Gasteiger partial charge in [-0.15, -0.1) is 0 Å². The van der Waals surface area contributed by atoms with Crippen molar-refractivity contribution in [1.82, 2.24) is 13.5 Å². The number of ether oxygens (including phenoxy) is 1. The number of carbonyl (C=O) groups is 1. The third-order valence-corrected chi connectivity index (χ3v) is 6.69. The Labute approximate surface area is 154 Å². The van der Waals surface area contributed by atoms with Crippen LogP contribution in [-0.4, -0.2) is 74.7 Å². The van der Waals surface area contributed by atoms with Gasteiger partial charge >= 0.3 is 0 Å². The maximum Gasteiger partial charge on any atom is 0.281 e. The Morgan fingerprint density at radius 3 is 2.16 bits per heavy atom. The molecular weight excluding hydrogens is 366 g/mol. The fraction of sp³-hybridized carbons (Fsp3) is 0.562. The van der Waals surface area contributed by atoms with Crippen LogP contribution in [0.25, 0.3) is 0 Å². The van der Waals surface area contributed by atoms with Crippen molar-refractivity contribution in [2.75, 3.05) is 46.9 Å². The minimum atomic E-state index is -3.43. The van der Waals surface area contributed by atoms with Crippen molar-refractivity contribution < 1.29 is 17.9 Å². The van der Waals surface area contributed by atoms with E-state index >= 15 is 0 Å². The monoisotopic (exact) mass is 389 g/mol. The van der Waals surface area contributed by atoms with Crippen LogP contribution in [0, 0.1) is 13.8 Å². The smallest absolute Gasteiger partial charge is 0.281 e. The lowest BCUT2D eigenvalue weighted by atomic mass is 10.1. The van der Waals surface area contributed by atoms with Crippen molar-refractivity contribution in [1.29, 1.82) is 0 Å². The second kappa shape index (κ2) is 7.90.